The summed E-state index contributed by atoms with van der Waals surface area (Å²) in [6, 6.07) is 10.6. The first kappa shape index (κ1) is 19.1. The number of ether oxygens (including phenoxy) is 2. The molecule has 0 aliphatic rings. The minimum atomic E-state index is -4.70. The van der Waals surface area contributed by atoms with E-state index in [1.807, 2.05) is 25.1 Å². The van der Waals surface area contributed by atoms with Gasteiger partial charge in [-0.25, -0.2) is 0 Å². The first-order valence-corrected chi connectivity index (χ1v) is 6.56. The number of halogens is 4. The van der Waals surface area contributed by atoms with Crippen molar-refractivity contribution in [1.82, 2.24) is 0 Å². The van der Waals surface area contributed by atoms with Crippen molar-refractivity contribution in [3.05, 3.63) is 59.2 Å². The van der Waals surface area contributed by atoms with Gasteiger partial charge in [-0.15, -0.1) is 25.6 Å². The summed E-state index contributed by atoms with van der Waals surface area (Å²) in [5.41, 5.74) is 8.63. The van der Waals surface area contributed by atoms with Crippen LogP contribution in [-0.2, 0) is 0 Å². The molecule has 0 saturated carbocycles. The minimum absolute atomic E-state index is 0. The lowest BCUT2D eigenvalue weighted by Gasteiger charge is -2.15. The third-order valence-corrected chi connectivity index (χ3v) is 3.25. The summed E-state index contributed by atoms with van der Waals surface area (Å²) < 4.78 is 45.4. The second kappa shape index (κ2) is 7.57. The molecule has 2 N–H and O–H groups in total. The van der Waals surface area contributed by atoms with E-state index in [0.717, 1.165) is 16.9 Å². The van der Waals surface area contributed by atoms with Gasteiger partial charge in [0.15, 0.2) is 0 Å². The lowest BCUT2D eigenvalue weighted by Crippen LogP contribution is -2.17. The first-order chi connectivity index (χ1) is 10.3. The summed E-state index contributed by atoms with van der Waals surface area (Å²) in [4.78, 5) is 0. The summed E-state index contributed by atoms with van der Waals surface area (Å²) >= 11 is 0. The molecule has 0 aliphatic carbocycles. The Morgan fingerprint density at radius 1 is 1.00 bits per heavy atom. The molecule has 0 fully saturated rings. The van der Waals surface area contributed by atoms with Gasteiger partial charge in [0.1, 0.15) is 11.5 Å². The molecule has 2 aromatic carbocycles. The molecule has 23 heavy (non-hydrogen) atoms. The molecule has 2 aromatic rings. The molecular formula is C16H17ClF3NO2. The predicted molar refractivity (Wildman–Crippen MR) is 84.1 cm³/mol. The Morgan fingerprint density at radius 3 is 2.04 bits per heavy atom. The second-order valence-corrected chi connectivity index (χ2v) is 4.82. The summed E-state index contributed by atoms with van der Waals surface area (Å²) in [6.45, 7) is 1.90. The van der Waals surface area contributed by atoms with Gasteiger partial charge in [0.25, 0.3) is 0 Å². The van der Waals surface area contributed by atoms with Crippen LogP contribution >= 0.6 is 12.4 Å². The van der Waals surface area contributed by atoms with Crippen molar-refractivity contribution in [3.63, 3.8) is 0 Å². The van der Waals surface area contributed by atoms with Crippen LogP contribution in [0.3, 0.4) is 0 Å². The molecule has 0 radical (unpaired) electrons. The first-order valence-electron chi connectivity index (χ1n) is 6.56. The van der Waals surface area contributed by atoms with Gasteiger partial charge in [0.2, 0.25) is 0 Å². The van der Waals surface area contributed by atoms with Gasteiger partial charge in [-0.3, -0.25) is 0 Å². The Kier molecular flexibility index (Phi) is 6.29. The summed E-state index contributed by atoms with van der Waals surface area (Å²) in [5, 5.41) is 0. The van der Waals surface area contributed by atoms with E-state index in [2.05, 4.69) is 4.74 Å². The van der Waals surface area contributed by atoms with Gasteiger partial charge < -0.3 is 15.2 Å². The van der Waals surface area contributed by atoms with Gasteiger partial charge in [-0.05, 0) is 41.8 Å². The number of methoxy groups -OCH3 is 1. The van der Waals surface area contributed by atoms with Gasteiger partial charge in [-0.2, -0.15) is 0 Å². The van der Waals surface area contributed by atoms with Gasteiger partial charge >= 0.3 is 6.36 Å². The number of hydrogen-bond acceptors (Lipinski definition) is 3. The van der Waals surface area contributed by atoms with Crippen LogP contribution in [0.5, 0.6) is 11.5 Å². The van der Waals surface area contributed by atoms with Gasteiger partial charge in [0.05, 0.1) is 13.2 Å². The van der Waals surface area contributed by atoms with E-state index in [0.29, 0.717) is 5.56 Å². The average molecular weight is 348 g/mol. The summed E-state index contributed by atoms with van der Waals surface area (Å²) in [6.07, 6.45) is -4.70. The largest absolute Gasteiger partial charge is 0.573 e. The van der Waals surface area contributed by atoms with Crippen LogP contribution in [0.4, 0.5) is 13.2 Å². The SMILES string of the molecule is COc1ccc([C@H](N)c2ccc(OC(F)(F)F)cc2)cc1C.Cl. The van der Waals surface area contributed by atoms with Crippen molar-refractivity contribution < 1.29 is 22.6 Å². The van der Waals surface area contributed by atoms with Gasteiger partial charge in [-0.1, -0.05) is 24.3 Å². The van der Waals surface area contributed by atoms with Crippen molar-refractivity contribution in [3.8, 4) is 11.5 Å². The van der Waals surface area contributed by atoms with Crippen LogP contribution in [0.1, 0.15) is 22.7 Å². The van der Waals surface area contributed by atoms with Crippen molar-refractivity contribution in [1.29, 1.82) is 0 Å². The van der Waals surface area contributed by atoms with Crippen LogP contribution in [0.25, 0.3) is 0 Å². The predicted octanol–water partition coefficient (Wildman–Crippen LogP) is 4.37. The Hall–Kier alpha value is -1.92. The van der Waals surface area contributed by atoms with Crippen LogP contribution < -0.4 is 15.2 Å². The fourth-order valence-corrected chi connectivity index (χ4v) is 2.16. The average Bonchev–Trinajstić information content (AvgIpc) is 2.45. The highest BCUT2D eigenvalue weighted by Crippen LogP contribution is 2.28. The van der Waals surface area contributed by atoms with Crippen molar-refractivity contribution in [2.24, 2.45) is 5.73 Å². The van der Waals surface area contributed by atoms with Crippen LogP contribution in [0.15, 0.2) is 42.5 Å². The molecule has 0 saturated heterocycles. The molecule has 3 nitrogen and oxygen atoms in total. The quantitative estimate of drug-likeness (QED) is 0.893. The Bertz CT molecular complexity index is 645. The van der Waals surface area contributed by atoms with Gasteiger partial charge in [0, 0.05) is 0 Å². The molecule has 1 atom stereocenters. The Labute approximate surface area is 138 Å². The van der Waals surface area contributed by atoms with E-state index in [4.69, 9.17) is 10.5 Å². The zero-order valence-electron chi connectivity index (χ0n) is 12.6. The standard InChI is InChI=1S/C16H16F3NO2.ClH/c1-10-9-12(5-8-14(10)21-2)15(20)11-3-6-13(7-4-11)22-16(17,18)19;/h3-9,15H,20H2,1-2H3;1H/t15-;/m1./s1. The summed E-state index contributed by atoms with van der Waals surface area (Å²) in [5.74, 6) is 0.485. The molecule has 126 valence electrons. The van der Waals surface area contributed by atoms with Crippen molar-refractivity contribution in [2.45, 2.75) is 19.3 Å². The maximum Gasteiger partial charge on any atom is 0.573 e. The van der Waals surface area contributed by atoms with Crippen molar-refractivity contribution >= 4 is 12.4 Å². The third kappa shape index (κ3) is 5.04. The lowest BCUT2D eigenvalue weighted by atomic mass is 9.98. The maximum absolute atomic E-state index is 12.1. The molecule has 7 heteroatoms. The topological polar surface area (TPSA) is 44.5 Å². The molecule has 0 spiro atoms. The molecule has 0 aliphatic heterocycles. The molecule has 0 bridgehead atoms. The zero-order chi connectivity index (χ0) is 16.3. The van der Waals surface area contributed by atoms with Crippen LogP contribution in [-0.4, -0.2) is 13.5 Å². The Balaban J connectivity index is 0.00000264. The van der Waals surface area contributed by atoms with E-state index in [1.165, 1.54) is 24.3 Å². The van der Waals surface area contributed by atoms with E-state index < -0.39 is 12.4 Å². The number of alkyl halides is 3. The highest BCUT2D eigenvalue weighted by molar-refractivity contribution is 5.85. The smallest absolute Gasteiger partial charge is 0.496 e. The molecule has 2 rings (SSSR count). The maximum atomic E-state index is 12.1. The number of rotatable bonds is 4. The molecule has 0 aromatic heterocycles. The normalized spacial score (nSPS) is 12.3. The third-order valence-electron chi connectivity index (χ3n) is 3.25. The fraction of sp³-hybridized carbons (Fsp3) is 0.250. The zero-order valence-corrected chi connectivity index (χ0v) is 13.4. The number of benzene rings is 2. The van der Waals surface area contributed by atoms with E-state index in [9.17, 15) is 13.2 Å². The van der Waals surface area contributed by atoms with E-state index in [-0.39, 0.29) is 18.2 Å². The highest BCUT2D eigenvalue weighted by Gasteiger charge is 2.31. The number of hydrogen-bond donors (Lipinski definition) is 1. The molecule has 0 unspecified atom stereocenters. The number of nitrogens with two attached hydrogens (primary N) is 1. The van der Waals surface area contributed by atoms with E-state index >= 15 is 0 Å². The highest BCUT2D eigenvalue weighted by atomic mass is 35.5. The molecule has 0 heterocycles. The van der Waals surface area contributed by atoms with Crippen LogP contribution in [0, 0.1) is 6.92 Å². The van der Waals surface area contributed by atoms with Crippen molar-refractivity contribution in [2.75, 3.05) is 7.11 Å². The molecule has 0 amide bonds. The summed E-state index contributed by atoms with van der Waals surface area (Å²) in [7, 11) is 1.58. The monoisotopic (exact) mass is 347 g/mol. The van der Waals surface area contributed by atoms with E-state index in [1.54, 1.807) is 7.11 Å². The minimum Gasteiger partial charge on any atom is -0.496 e. The number of aryl methyl sites for hydroxylation is 1. The fourth-order valence-electron chi connectivity index (χ4n) is 2.16. The van der Waals surface area contributed by atoms with Crippen LogP contribution in [0.2, 0.25) is 0 Å². The lowest BCUT2D eigenvalue weighted by molar-refractivity contribution is -0.274. The molecular weight excluding hydrogens is 331 g/mol. The second-order valence-electron chi connectivity index (χ2n) is 4.82. The Morgan fingerprint density at radius 2 is 1.57 bits per heavy atom.